The first-order valence-electron chi connectivity index (χ1n) is 8.08. The third-order valence-corrected chi connectivity index (χ3v) is 5.43. The maximum Gasteiger partial charge on any atom is 0.270 e. The van der Waals surface area contributed by atoms with Crippen molar-refractivity contribution in [1.29, 1.82) is 0 Å². The van der Waals surface area contributed by atoms with Crippen LogP contribution in [0.3, 0.4) is 0 Å². The molecule has 4 nitrogen and oxygen atoms in total. The summed E-state index contributed by atoms with van der Waals surface area (Å²) in [7, 11) is -3.93. The Morgan fingerprint density at radius 2 is 1.58 bits per heavy atom. The third-order valence-electron chi connectivity index (χ3n) is 3.67. The Balaban J connectivity index is 2.52. The fourth-order valence-corrected chi connectivity index (χ4v) is 3.87. The highest BCUT2D eigenvalue weighted by molar-refractivity contribution is 7.93. The molecule has 0 radical (unpaired) electrons. The molecule has 1 amide bonds. The summed E-state index contributed by atoms with van der Waals surface area (Å²) in [6, 6.07) is 15.1. The quantitative estimate of drug-likeness (QED) is 0.794. The van der Waals surface area contributed by atoms with Crippen LogP contribution in [0.4, 0.5) is 5.69 Å². The molecule has 0 saturated carbocycles. The van der Waals surface area contributed by atoms with Crippen LogP contribution in [0.25, 0.3) is 0 Å². The van der Waals surface area contributed by atoms with E-state index in [2.05, 4.69) is 0 Å². The van der Waals surface area contributed by atoms with Crippen molar-refractivity contribution >= 4 is 21.6 Å². The molecule has 0 aliphatic carbocycles. The Labute approximate surface area is 144 Å². The molecule has 5 heteroatoms. The third kappa shape index (κ3) is 4.03. The second-order valence-electron chi connectivity index (χ2n) is 6.09. The van der Waals surface area contributed by atoms with Crippen molar-refractivity contribution in [2.24, 2.45) is 5.92 Å². The predicted octanol–water partition coefficient (Wildman–Crippen LogP) is 4.02. The molecule has 0 aliphatic heterocycles. The number of benzene rings is 2. The van der Waals surface area contributed by atoms with E-state index in [1.54, 1.807) is 30.3 Å². The number of anilines is 1. The van der Waals surface area contributed by atoms with Crippen LogP contribution in [0.15, 0.2) is 59.5 Å². The van der Waals surface area contributed by atoms with E-state index in [4.69, 9.17) is 0 Å². The van der Waals surface area contributed by atoms with Crippen LogP contribution in [-0.4, -0.2) is 14.3 Å². The summed E-state index contributed by atoms with van der Waals surface area (Å²) in [5.74, 6) is -0.348. The van der Waals surface area contributed by atoms with Gasteiger partial charge in [-0.2, -0.15) is 0 Å². The molecule has 0 saturated heterocycles. The topological polar surface area (TPSA) is 54.5 Å². The van der Waals surface area contributed by atoms with Crippen LogP contribution < -0.4 is 4.31 Å². The van der Waals surface area contributed by atoms with E-state index in [9.17, 15) is 13.2 Å². The number of hydrogen-bond acceptors (Lipinski definition) is 3. The van der Waals surface area contributed by atoms with Crippen molar-refractivity contribution in [3.63, 3.8) is 0 Å². The maximum absolute atomic E-state index is 13.0. The summed E-state index contributed by atoms with van der Waals surface area (Å²) < 4.78 is 27.0. The van der Waals surface area contributed by atoms with Gasteiger partial charge >= 0.3 is 0 Å². The highest BCUT2D eigenvalue weighted by atomic mass is 32.2. The molecular formula is C19H23NO3S. The summed E-state index contributed by atoms with van der Waals surface area (Å²) >= 11 is 0. The van der Waals surface area contributed by atoms with E-state index in [0.717, 1.165) is 16.3 Å². The molecule has 0 N–H and O–H groups in total. The molecule has 0 spiro atoms. The summed E-state index contributed by atoms with van der Waals surface area (Å²) in [4.78, 5) is 12.8. The van der Waals surface area contributed by atoms with Crippen LogP contribution in [0.1, 0.15) is 32.8 Å². The van der Waals surface area contributed by atoms with Crippen LogP contribution in [0.2, 0.25) is 0 Å². The number of aryl methyl sites for hydroxylation is 1. The zero-order valence-corrected chi connectivity index (χ0v) is 15.1. The molecular weight excluding hydrogens is 322 g/mol. The predicted molar refractivity (Wildman–Crippen MR) is 96.4 cm³/mol. The molecule has 0 heterocycles. The zero-order chi connectivity index (χ0) is 17.7. The number of sulfonamides is 1. The largest absolute Gasteiger partial charge is 0.273 e. The molecule has 0 bridgehead atoms. The zero-order valence-electron chi connectivity index (χ0n) is 14.3. The van der Waals surface area contributed by atoms with Crippen molar-refractivity contribution in [2.45, 2.75) is 38.5 Å². The molecule has 0 unspecified atom stereocenters. The highest BCUT2D eigenvalue weighted by Gasteiger charge is 2.30. The molecule has 0 aromatic heterocycles. The number of rotatable bonds is 6. The van der Waals surface area contributed by atoms with Gasteiger partial charge in [0, 0.05) is 6.42 Å². The minimum Gasteiger partial charge on any atom is -0.273 e. The molecule has 0 atom stereocenters. The van der Waals surface area contributed by atoms with Gasteiger partial charge < -0.3 is 0 Å². The van der Waals surface area contributed by atoms with E-state index in [1.807, 2.05) is 32.9 Å². The Morgan fingerprint density at radius 3 is 2.08 bits per heavy atom. The lowest BCUT2D eigenvalue weighted by atomic mass is 10.1. The minimum absolute atomic E-state index is 0.0703. The van der Waals surface area contributed by atoms with Crippen molar-refractivity contribution in [3.8, 4) is 0 Å². The minimum atomic E-state index is -3.93. The fourth-order valence-electron chi connectivity index (χ4n) is 2.41. The number of carbonyl (C=O) groups excluding carboxylic acids is 1. The first-order valence-corrected chi connectivity index (χ1v) is 9.52. The normalized spacial score (nSPS) is 11.5. The van der Waals surface area contributed by atoms with Gasteiger partial charge in [0.2, 0.25) is 5.91 Å². The van der Waals surface area contributed by atoms with Gasteiger partial charge in [-0.1, -0.05) is 51.1 Å². The number of nitrogens with zero attached hydrogens (tertiary/aromatic N) is 1. The molecule has 0 fully saturated rings. The summed E-state index contributed by atoms with van der Waals surface area (Å²) in [6.45, 7) is 5.81. The molecule has 24 heavy (non-hydrogen) atoms. The van der Waals surface area contributed by atoms with Gasteiger partial charge in [-0.3, -0.25) is 4.79 Å². The fraction of sp³-hybridized carbons (Fsp3) is 0.316. The van der Waals surface area contributed by atoms with Crippen molar-refractivity contribution in [1.82, 2.24) is 0 Å². The molecule has 2 aromatic carbocycles. The average Bonchev–Trinajstić information content (AvgIpc) is 2.55. The lowest BCUT2D eigenvalue weighted by molar-refractivity contribution is -0.118. The monoisotopic (exact) mass is 345 g/mol. The van der Waals surface area contributed by atoms with Crippen molar-refractivity contribution in [2.75, 3.05) is 4.31 Å². The van der Waals surface area contributed by atoms with Gasteiger partial charge in [-0.15, -0.1) is 0 Å². The van der Waals surface area contributed by atoms with Gasteiger partial charge in [0.25, 0.3) is 10.0 Å². The lowest BCUT2D eigenvalue weighted by Crippen LogP contribution is -2.37. The average molecular weight is 345 g/mol. The van der Waals surface area contributed by atoms with Gasteiger partial charge in [0.15, 0.2) is 0 Å². The molecule has 0 aliphatic rings. The summed E-state index contributed by atoms with van der Waals surface area (Å²) in [5, 5.41) is 0. The van der Waals surface area contributed by atoms with Gasteiger partial charge in [-0.25, -0.2) is 12.7 Å². The first-order chi connectivity index (χ1) is 11.4. The molecule has 2 aromatic rings. The number of carbonyl (C=O) groups is 1. The Kier molecular flexibility index (Phi) is 5.78. The SMILES string of the molecule is CCc1ccc(N(C(=O)CC(C)C)S(=O)(=O)c2ccccc2)cc1. The van der Waals surface area contributed by atoms with Gasteiger partial charge in [-0.05, 0) is 42.2 Å². The Bertz CT molecular complexity index is 781. The molecule has 2 rings (SSSR count). The van der Waals surface area contributed by atoms with Gasteiger partial charge in [0.1, 0.15) is 0 Å². The van der Waals surface area contributed by atoms with E-state index < -0.39 is 15.9 Å². The first kappa shape index (κ1) is 18.2. The number of hydrogen-bond donors (Lipinski definition) is 0. The Morgan fingerprint density at radius 1 is 1.00 bits per heavy atom. The maximum atomic E-state index is 13.0. The van der Waals surface area contributed by atoms with Crippen molar-refractivity contribution < 1.29 is 13.2 Å². The highest BCUT2D eigenvalue weighted by Crippen LogP contribution is 2.26. The lowest BCUT2D eigenvalue weighted by Gasteiger charge is -2.23. The van der Waals surface area contributed by atoms with E-state index in [0.29, 0.717) is 5.69 Å². The van der Waals surface area contributed by atoms with Crippen LogP contribution in [-0.2, 0) is 21.2 Å². The van der Waals surface area contributed by atoms with Crippen molar-refractivity contribution in [3.05, 3.63) is 60.2 Å². The Hall–Kier alpha value is -2.14. The number of amides is 1. The van der Waals surface area contributed by atoms with Crippen LogP contribution >= 0.6 is 0 Å². The van der Waals surface area contributed by atoms with E-state index in [1.165, 1.54) is 12.1 Å². The summed E-state index contributed by atoms with van der Waals surface area (Å²) in [5.41, 5.74) is 1.47. The van der Waals surface area contributed by atoms with Gasteiger partial charge in [0.05, 0.1) is 10.6 Å². The second kappa shape index (κ2) is 7.62. The van der Waals surface area contributed by atoms with Crippen LogP contribution in [0, 0.1) is 5.92 Å². The standard InChI is InChI=1S/C19H23NO3S/c1-4-16-10-12-17(13-11-16)20(19(21)14-15(2)3)24(22,23)18-8-6-5-7-9-18/h5-13,15H,4,14H2,1-3H3. The molecule has 128 valence electrons. The smallest absolute Gasteiger partial charge is 0.270 e. The van der Waals surface area contributed by atoms with E-state index in [-0.39, 0.29) is 17.2 Å². The van der Waals surface area contributed by atoms with E-state index >= 15 is 0 Å². The second-order valence-corrected chi connectivity index (χ2v) is 7.88. The van der Waals surface area contributed by atoms with Crippen LogP contribution in [0.5, 0.6) is 0 Å². The summed E-state index contributed by atoms with van der Waals surface area (Å²) in [6.07, 6.45) is 1.02.